The van der Waals surface area contributed by atoms with E-state index in [1.54, 1.807) is 12.3 Å². The molecule has 2 rings (SSSR count). The second-order valence-corrected chi connectivity index (χ2v) is 3.31. The van der Waals surface area contributed by atoms with E-state index in [1.165, 1.54) is 6.07 Å². The maximum Gasteiger partial charge on any atom is 0.146 e. The SMILES string of the molecule is Fc1cccnc1C1COCCCN1. The average molecular weight is 196 g/mol. The number of pyridine rings is 1. The van der Waals surface area contributed by atoms with Crippen LogP contribution in [-0.4, -0.2) is 24.7 Å². The van der Waals surface area contributed by atoms with Gasteiger partial charge in [-0.2, -0.15) is 0 Å². The number of aromatic nitrogens is 1. The number of rotatable bonds is 1. The minimum atomic E-state index is -0.268. The zero-order chi connectivity index (χ0) is 9.80. The Morgan fingerprint density at radius 2 is 2.50 bits per heavy atom. The van der Waals surface area contributed by atoms with Gasteiger partial charge < -0.3 is 10.1 Å². The zero-order valence-corrected chi connectivity index (χ0v) is 7.87. The highest BCUT2D eigenvalue weighted by Gasteiger charge is 2.18. The lowest BCUT2D eigenvalue weighted by Crippen LogP contribution is -2.25. The Labute approximate surface area is 82.3 Å². The maximum atomic E-state index is 13.3. The highest BCUT2D eigenvalue weighted by Crippen LogP contribution is 2.15. The predicted octanol–water partition coefficient (Wildman–Crippen LogP) is 1.27. The summed E-state index contributed by atoms with van der Waals surface area (Å²) in [5, 5.41) is 3.21. The third kappa shape index (κ3) is 2.08. The van der Waals surface area contributed by atoms with Crippen LogP contribution in [0.25, 0.3) is 0 Å². The van der Waals surface area contributed by atoms with Gasteiger partial charge in [-0.15, -0.1) is 0 Å². The topological polar surface area (TPSA) is 34.1 Å². The molecule has 76 valence electrons. The molecule has 0 spiro atoms. The third-order valence-electron chi connectivity index (χ3n) is 2.26. The van der Waals surface area contributed by atoms with Crippen LogP contribution in [0.3, 0.4) is 0 Å². The first-order valence-corrected chi connectivity index (χ1v) is 4.79. The first-order chi connectivity index (χ1) is 6.88. The van der Waals surface area contributed by atoms with E-state index in [2.05, 4.69) is 10.3 Å². The fourth-order valence-electron chi connectivity index (χ4n) is 1.54. The molecule has 0 radical (unpaired) electrons. The molecule has 3 nitrogen and oxygen atoms in total. The summed E-state index contributed by atoms with van der Waals surface area (Å²) in [5.74, 6) is -0.268. The van der Waals surface area contributed by atoms with Crippen molar-refractivity contribution in [2.45, 2.75) is 12.5 Å². The molecule has 1 aromatic heterocycles. The van der Waals surface area contributed by atoms with E-state index in [1.807, 2.05) is 0 Å². The third-order valence-corrected chi connectivity index (χ3v) is 2.26. The molecule has 1 fully saturated rings. The molecule has 4 heteroatoms. The summed E-state index contributed by atoms with van der Waals surface area (Å²) in [6.45, 7) is 2.08. The zero-order valence-electron chi connectivity index (χ0n) is 7.87. The van der Waals surface area contributed by atoms with E-state index in [-0.39, 0.29) is 11.9 Å². The lowest BCUT2D eigenvalue weighted by atomic mass is 10.2. The Balaban J connectivity index is 2.16. The fourth-order valence-corrected chi connectivity index (χ4v) is 1.54. The fraction of sp³-hybridized carbons (Fsp3) is 0.500. The molecular weight excluding hydrogens is 183 g/mol. The summed E-state index contributed by atoms with van der Waals surface area (Å²) in [6, 6.07) is 2.91. The standard InChI is InChI=1S/C10H13FN2O/c11-8-3-1-4-13-10(8)9-7-14-6-2-5-12-9/h1,3-4,9,12H,2,5-7H2. The van der Waals surface area contributed by atoms with Crippen molar-refractivity contribution in [1.82, 2.24) is 10.3 Å². The van der Waals surface area contributed by atoms with E-state index in [9.17, 15) is 4.39 Å². The number of nitrogens with zero attached hydrogens (tertiary/aromatic N) is 1. The van der Waals surface area contributed by atoms with Gasteiger partial charge in [-0.3, -0.25) is 4.98 Å². The Bertz CT molecular complexity index is 298. The second kappa shape index (κ2) is 4.48. The summed E-state index contributed by atoms with van der Waals surface area (Å²) in [7, 11) is 0. The van der Waals surface area contributed by atoms with Gasteiger partial charge in [0.25, 0.3) is 0 Å². The van der Waals surface area contributed by atoms with Gasteiger partial charge in [0.1, 0.15) is 5.82 Å². The quantitative estimate of drug-likeness (QED) is 0.734. The van der Waals surface area contributed by atoms with Crippen molar-refractivity contribution < 1.29 is 9.13 Å². The number of halogens is 1. The van der Waals surface area contributed by atoms with Gasteiger partial charge in [-0.25, -0.2) is 4.39 Å². The molecule has 2 heterocycles. The molecule has 1 N–H and O–H groups in total. The molecule has 0 bridgehead atoms. The Kier molecular flexibility index (Phi) is 3.06. The van der Waals surface area contributed by atoms with Crippen molar-refractivity contribution in [3.8, 4) is 0 Å². The second-order valence-electron chi connectivity index (χ2n) is 3.31. The highest BCUT2D eigenvalue weighted by molar-refractivity contribution is 5.11. The largest absolute Gasteiger partial charge is 0.379 e. The maximum absolute atomic E-state index is 13.3. The molecular formula is C10H13FN2O. The van der Waals surface area contributed by atoms with E-state index in [0.717, 1.165) is 19.6 Å². The summed E-state index contributed by atoms with van der Waals surface area (Å²) in [6.07, 6.45) is 2.57. The number of hydrogen-bond acceptors (Lipinski definition) is 3. The van der Waals surface area contributed by atoms with E-state index < -0.39 is 0 Å². The molecule has 0 saturated carbocycles. The molecule has 14 heavy (non-hydrogen) atoms. The van der Waals surface area contributed by atoms with Crippen molar-refractivity contribution in [1.29, 1.82) is 0 Å². The van der Waals surface area contributed by atoms with Crippen molar-refractivity contribution in [3.05, 3.63) is 29.8 Å². The van der Waals surface area contributed by atoms with E-state index in [4.69, 9.17) is 4.74 Å². The van der Waals surface area contributed by atoms with Crippen LogP contribution < -0.4 is 5.32 Å². The molecule has 1 saturated heterocycles. The van der Waals surface area contributed by atoms with Crippen molar-refractivity contribution in [2.75, 3.05) is 19.8 Å². The molecule has 0 aromatic carbocycles. The van der Waals surface area contributed by atoms with Gasteiger partial charge in [0.05, 0.1) is 18.3 Å². The smallest absolute Gasteiger partial charge is 0.146 e. The molecule has 1 aliphatic rings. The van der Waals surface area contributed by atoms with Crippen molar-refractivity contribution in [2.24, 2.45) is 0 Å². The average Bonchev–Trinajstić information content (AvgIpc) is 2.47. The van der Waals surface area contributed by atoms with Gasteiger partial charge in [-0.05, 0) is 25.1 Å². The Morgan fingerprint density at radius 3 is 3.36 bits per heavy atom. The van der Waals surface area contributed by atoms with Crippen LogP contribution in [0.4, 0.5) is 4.39 Å². The van der Waals surface area contributed by atoms with Crippen LogP contribution in [0.2, 0.25) is 0 Å². The number of nitrogens with one attached hydrogen (secondary N) is 1. The van der Waals surface area contributed by atoms with Crippen molar-refractivity contribution >= 4 is 0 Å². The molecule has 0 amide bonds. The van der Waals surface area contributed by atoms with Crippen molar-refractivity contribution in [3.63, 3.8) is 0 Å². The van der Waals surface area contributed by atoms with Crippen LogP contribution in [0.15, 0.2) is 18.3 Å². The molecule has 0 aliphatic carbocycles. The molecule has 1 aliphatic heterocycles. The molecule has 1 atom stereocenters. The minimum Gasteiger partial charge on any atom is -0.379 e. The van der Waals surface area contributed by atoms with Crippen LogP contribution in [0.1, 0.15) is 18.2 Å². The van der Waals surface area contributed by atoms with Gasteiger partial charge in [0.2, 0.25) is 0 Å². The normalized spacial score (nSPS) is 23.1. The number of ether oxygens (including phenoxy) is 1. The Hall–Kier alpha value is -1.00. The first kappa shape index (κ1) is 9.55. The first-order valence-electron chi connectivity index (χ1n) is 4.79. The van der Waals surface area contributed by atoms with Gasteiger partial charge in [0.15, 0.2) is 0 Å². The lowest BCUT2D eigenvalue weighted by molar-refractivity contribution is 0.129. The van der Waals surface area contributed by atoms with Gasteiger partial charge >= 0.3 is 0 Å². The minimum absolute atomic E-state index is 0.112. The lowest BCUT2D eigenvalue weighted by Gasteiger charge is -2.14. The van der Waals surface area contributed by atoms with E-state index in [0.29, 0.717) is 12.3 Å². The molecule has 1 aromatic rings. The van der Waals surface area contributed by atoms with E-state index >= 15 is 0 Å². The monoisotopic (exact) mass is 196 g/mol. The summed E-state index contributed by atoms with van der Waals surface area (Å²) >= 11 is 0. The predicted molar refractivity (Wildman–Crippen MR) is 50.4 cm³/mol. The summed E-state index contributed by atoms with van der Waals surface area (Å²) < 4.78 is 18.7. The van der Waals surface area contributed by atoms with Gasteiger partial charge in [-0.1, -0.05) is 0 Å². The molecule has 1 unspecified atom stereocenters. The number of hydrogen-bond donors (Lipinski definition) is 1. The van der Waals surface area contributed by atoms with Crippen LogP contribution >= 0.6 is 0 Å². The van der Waals surface area contributed by atoms with Gasteiger partial charge in [0, 0.05) is 12.8 Å². The van der Waals surface area contributed by atoms with Crippen LogP contribution in [0.5, 0.6) is 0 Å². The highest BCUT2D eigenvalue weighted by atomic mass is 19.1. The Morgan fingerprint density at radius 1 is 1.57 bits per heavy atom. The van der Waals surface area contributed by atoms with Crippen LogP contribution in [-0.2, 0) is 4.74 Å². The summed E-state index contributed by atoms with van der Waals surface area (Å²) in [4.78, 5) is 4.03. The van der Waals surface area contributed by atoms with Crippen LogP contribution in [0, 0.1) is 5.82 Å². The summed E-state index contributed by atoms with van der Waals surface area (Å²) in [5.41, 5.74) is 0.453.